The fourth-order valence-corrected chi connectivity index (χ4v) is 3.17. The summed E-state index contributed by atoms with van der Waals surface area (Å²) in [5.41, 5.74) is 1.45. The molecule has 122 valence electrons. The van der Waals surface area contributed by atoms with E-state index in [1.54, 1.807) is 28.8 Å². The molecule has 0 saturated heterocycles. The van der Waals surface area contributed by atoms with E-state index < -0.39 is 11.7 Å². The first-order valence-corrected chi connectivity index (χ1v) is 7.60. The highest BCUT2D eigenvalue weighted by atomic mass is 19.4. The van der Waals surface area contributed by atoms with Gasteiger partial charge in [0.1, 0.15) is 6.07 Å². The van der Waals surface area contributed by atoms with Crippen molar-refractivity contribution in [3.8, 4) is 11.8 Å². The molecule has 0 N–H and O–H groups in total. The zero-order valence-electron chi connectivity index (χ0n) is 12.9. The van der Waals surface area contributed by atoms with Crippen LogP contribution >= 0.6 is 0 Å². The van der Waals surface area contributed by atoms with Crippen molar-refractivity contribution >= 4 is 21.8 Å². The number of nitriles is 1. The second kappa shape index (κ2) is 5.38. The summed E-state index contributed by atoms with van der Waals surface area (Å²) in [5, 5.41) is 11.0. The fourth-order valence-electron chi connectivity index (χ4n) is 3.17. The van der Waals surface area contributed by atoms with Crippen molar-refractivity contribution in [1.29, 1.82) is 5.26 Å². The van der Waals surface area contributed by atoms with Crippen molar-refractivity contribution in [2.75, 3.05) is 0 Å². The van der Waals surface area contributed by atoms with Gasteiger partial charge in [-0.15, -0.1) is 0 Å². The molecule has 5 heteroatoms. The van der Waals surface area contributed by atoms with E-state index in [1.165, 1.54) is 6.07 Å². The zero-order valence-corrected chi connectivity index (χ0v) is 12.9. The molecular weight excluding hydrogens is 325 g/mol. The Morgan fingerprint density at radius 3 is 2.24 bits per heavy atom. The Kier molecular flexibility index (Phi) is 3.29. The lowest BCUT2D eigenvalue weighted by Gasteiger charge is -2.11. The summed E-state index contributed by atoms with van der Waals surface area (Å²) in [4.78, 5) is 0. The van der Waals surface area contributed by atoms with Gasteiger partial charge in [0.2, 0.25) is 0 Å². The summed E-state index contributed by atoms with van der Waals surface area (Å²) in [5.74, 6) is 0. The predicted octanol–water partition coefficient (Wildman–Crippen LogP) is 5.67. The molecule has 0 aliphatic heterocycles. The predicted molar refractivity (Wildman–Crippen MR) is 90.5 cm³/mol. The van der Waals surface area contributed by atoms with Crippen molar-refractivity contribution in [3.05, 3.63) is 77.9 Å². The summed E-state index contributed by atoms with van der Waals surface area (Å²) in [6, 6.07) is 20.1. The molecule has 0 aliphatic rings. The minimum atomic E-state index is -4.43. The first-order chi connectivity index (χ1) is 12.0. The zero-order chi connectivity index (χ0) is 17.6. The number of benzene rings is 3. The van der Waals surface area contributed by atoms with Crippen LogP contribution in [0.5, 0.6) is 0 Å². The van der Waals surface area contributed by atoms with Crippen LogP contribution in [0, 0.1) is 11.3 Å². The Morgan fingerprint density at radius 2 is 1.48 bits per heavy atom. The van der Waals surface area contributed by atoms with Gasteiger partial charge in [0.15, 0.2) is 0 Å². The Hall–Kier alpha value is -3.26. The number of halogens is 3. The number of hydrogen-bond donors (Lipinski definition) is 0. The van der Waals surface area contributed by atoms with E-state index in [-0.39, 0.29) is 0 Å². The van der Waals surface area contributed by atoms with Crippen LogP contribution in [0.15, 0.2) is 66.7 Å². The monoisotopic (exact) mass is 336 g/mol. The second-order valence-corrected chi connectivity index (χ2v) is 5.71. The Bertz CT molecular complexity index is 1150. The molecule has 0 bridgehead atoms. The quantitative estimate of drug-likeness (QED) is 0.440. The van der Waals surface area contributed by atoms with Gasteiger partial charge in [-0.1, -0.05) is 36.4 Å². The molecule has 0 fully saturated rings. The van der Waals surface area contributed by atoms with Crippen molar-refractivity contribution in [2.24, 2.45) is 0 Å². The molecule has 0 amide bonds. The number of para-hydroxylation sites is 2. The molecule has 3 aromatic carbocycles. The second-order valence-electron chi connectivity index (χ2n) is 5.71. The summed E-state index contributed by atoms with van der Waals surface area (Å²) in [7, 11) is 0. The first kappa shape index (κ1) is 15.3. The van der Waals surface area contributed by atoms with Crippen LogP contribution in [0.25, 0.3) is 27.5 Å². The maximum absolute atomic E-state index is 13.2. The molecule has 4 aromatic rings. The van der Waals surface area contributed by atoms with Crippen LogP contribution in [0.3, 0.4) is 0 Å². The van der Waals surface area contributed by atoms with Crippen LogP contribution in [-0.4, -0.2) is 4.57 Å². The van der Waals surface area contributed by atoms with E-state index in [9.17, 15) is 18.4 Å². The molecular formula is C20H11F3N2. The number of alkyl halides is 3. The van der Waals surface area contributed by atoms with Gasteiger partial charge >= 0.3 is 6.18 Å². The molecule has 1 heterocycles. The van der Waals surface area contributed by atoms with Gasteiger partial charge in [-0.25, -0.2) is 0 Å². The summed E-state index contributed by atoms with van der Waals surface area (Å²) in [6.07, 6.45) is -4.43. The van der Waals surface area contributed by atoms with E-state index in [0.29, 0.717) is 16.8 Å². The van der Waals surface area contributed by atoms with E-state index in [1.807, 2.05) is 24.3 Å². The average Bonchev–Trinajstić information content (AvgIpc) is 2.94. The maximum Gasteiger partial charge on any atom is 0.416 e. The lowest BCUT2D eigenvalue weighted by Crippen LogP contribution is -2.05. The molecule has 4 rings (SSSR count). The van der Waals surface area contributed by atoms with Crippen molar-refractivity contribution in [3.63, 3.8) is 0 Å². The van der Waals surface area contributed by atoms with Gasteiger partial charge in [0, 0.05) is 10.8 Å². The SMILES string of the molecule is N#Cc1ccccc1-n1c2ccccc2c2ccc(C(F)(F)F)cc21. The largest absolute Gasteiger partial charge is 0.416 e. The topological polar surface area (TPSA) is 28.7 Å². The minimum absolute atomic E-state index is 0.405. The van der Waals surface area contributed by atoms with Crippen molar-refractivity contribution < 1.29 is 13.2 Å². The number of nitrogens with zero attached hydrogens (tertiary/aromatic N) is 2. The van der Waals surface area contributed by atoms with Crippen LogP contribution in [0.2, 0.25) is 0 Å². The number of aromatic nitrogens is 1. The molecule has 0 saturated carbocycles. The smallest absolute Gasteiger partial charge is 0.308 e. The Morgan fingerprint density at radius 1 is 0.800 bits per heavy atom. The lowest BCUT2D eigenvalue weighted by atomic mass is 10.1. The van der Waals surface area contributed by atoms with Gasteiger partial charge in [-0.2, -0.15) is 18.4 Å². The number of rotatable bonds is 1. The molecule has 1 aromatic heterocycles. The molecule has 0 unspecified atom stereocenters. The van der Waals surface area contributed by atoms with Crippen LogP contribution in [0.1, 0.15) is 11.1 Å². The number of hydrogen-bond acceptors (Lipinski definition) is 1. The standard InChI is InChI=1S/C20H11F3N2/c21-20(22,23)14-9-10-16-15-6-2-4-8-18(15)25(19(16)11-14)17-7-3-1-5-13(17)12-24/h1-11H. The van der Waals surface area contributed by atoms with E-state index in [0.717, 1.165) is 28.4 Å². The van der Waals surface area contributed by atoms with Crippen LogP contribution < -0.4 is 0 Å². The lowest BCUT2D eigenvalue weighted by molar-refractivity contribution is -0.137. The summed E-state index contributed by atoms with van der Waals surface area (Å²) < 4.78 is 41.3. The minimum Gasteiger partial charge on any atom is -0.308 e. The van der Waals surface area contributed by atoms with Gasteiger partial charge < -0.3 is 4.57 Å². The molecule has 0 radical (unpaired) electrons. The van der Waals surface area contributed by atoms with Gasteiger partial charge in [0.05, 0.1) is 27.8 Å². The molecule has 0 atom stereocenters. The first-order valence-electron chi connectivity index (χ1n) is 7.60. The van der Waals surface area contributed by atoms with E-state index in [2.05, 4.69) is 6.07 Å². The Labute approximate surface area is 141 Å². The van der Waals surface area contributed by atoms with Crippen molar-refractivity contribution in [1.82, 2.24) is 4.57 Å². The van der Waals surface area contributed by atoms with Gasteiger partial charge in [0.25, 0.3) is 0 Å². The molecule has 25 heavy (non-hydrogen) atoms. The summed E-state index contributed by atoms with van der Waals surface area (Å²) in [6.45, 7) is 0. The average molecular weight is 336 g/mol. The fraction of sp³-hybridized carbons (Fsp3) is 0.0500. The van der Waals surface area contributed by atoms with Gasteiger partial charge in [-0.3, -0.25) is 0 Å². The maximum atomic E-state index is 13.2. The molecule has 0 aliphatic carbocycles. The molecule has 2 nitrogen and oxygen atoms in total. The van der Waals surface area contributed by atoms with E-state index >= 15 is 0 Å². The summed E-state index contributed by atoms with van der Waals surface area (Å²) >= 11 is 0. The van der Waals surface area contributed by atoms with Crippen LogP contribution in [0.4, 0.5) is 13.2 Å². The third-order valence-electron chi connectivity index (χ3n) is 4.27. The Balaban J connectivity index is 2.19. The van der Waals surface area contributed by atoms with Gasteiger partial charge in [-0.05, 0) is 30.3 Å². The highest BCUT2D eigenvalue weighted by Crippen LogP contribution is 2.37. The normalized spacial score (nSPS) is 11.8. The van der Waals surface area contributed by atoms with E-state index in [4.69, 9.17) is 0 Å². The van der Waals surface area contributed by atoms with Crippen LogP contribution in [-0.2, 0) is 6.18 Å². The molecule has 0 spiro atoms. The van der Waals surface area contributed by atoms with Crippen molar-refractivity contribution in [2.45, 2.75) is 6.18 Å². The highest BCUT2D eigenvalue weighted by molar-refractivity contribution is 6.09. The number of fused-ring (bicyclic) bond motifs is 3. The third-order valence-corrected chi connectivity index (χ3v) is 4.27. The third kappa shape index (κ3) is 2.34. The highest BCUT2D eigenvalue weighted by Gasteiger charge is 2.31.